The van der Waals surface area contributed by atoms with Crippen LogP contribution in [0.25, 0.3) is 0 Å². The fraction of sp³-hybridized carbons (Fsp3) is 0.308. The van der Waals surface area contributed by atoms with Gasteiger partial charge in [-0.25, -0.2) is 0 Å². The van der Waals surface area contributed by atoms with Gasteiger partial charge in [0.25, 0.3) is 0 Å². The molecule has 0 aliphatic heterocycles. The van der Waals surface area contributed by atoms with Gasteiger partial charge in [-0.1, -0.05) is 0 Å². The smallest absolute Gasteiger partial charge is 0.548 e. The summed E-state index contributed by atoms with van der Waals surface area (Å²) < 4.78 is 0. The molecule has 2 amide bonds. The summed E-state index contributed by atoms with van der Waals surface area (Å²) in [6, 6.07) is 3.25. The van der Waals surface area contributed by atoms with Gasteiger partial charge in [-0.3, -0.25) is 9.59 Å². The van der Waals surface area contributed by atoms with Crippen LogP contribution in [0.1, 0.15) is 13.8 Å². The average Bonchev–Trinajstić information content (AvgIpc) is 2.36. The summed E-state index contributed by atoms with van der Waals surface area (Å²) in [5.41, 5.74) is 0.479. The molecule has 1 rings (SSSR count). The number of carbonyl (C=O) groups is 3. The Morgan fingerprint density at radius 2 is 1.91 bits per heavy atom. The number of anilines is 1. The van der Waals surface area contributed by atoms with Crippen LogP contribution in [0.15, 0.2) is 23.1 Å². The first-order valence-electron chi connectivity index (χ1n) is 6.01. The second kappa shape index (κ2) is 9.73. The predicted molar refractivity (Wildman–Crippen MR) is 75.7 cm³/mol. The zero-order chi connectivity index (χ0) is 16.0. The molecular formula is C13H15N2NaO5S. The van der Waals surface area contributed by atoms with Gasteiger partial charge in [0.1, 0.15) is 5.75 Å². The Balaban J connectivity index is 0.00000441. The minimum absolute atomic E-state index is 0. The first kappa shape index (κ1) is 20.8. The Labute approximate surface area is 154 Å². The summed E-state index contributed by atoms with van der Waals surface area (Å²) in [7, 11) is 0. The normalized spacial score (nSPS) is 11.0. The molecule has 0 saturated carbocycles. The Hall–Kier alpha value is -1.22. The van der Waals surface area contributed by atoms with Crippen LogP contribution in [0.5, 0.6) is 5.75 Å². The van der Waals surface area contributed by atoms with Crippen LogP contribution in [0.2, 0.25) is 0 Å². The van der Waals surface area contributed by atoms with Gasteiger partial charge in [-0.15, -0.1) is 11.8 Å². The van der Waals surface area contributed by atoms with Crippen molar-refractivity contribution in [2.24, 2.45) is 0 Å². The molecule has 114 valence electrons. The fourth-order valence-electron chi connectivity index (χ4n) is 1.50. The Kier molecular flexibility index (Phi) is 9.19. The van der Waals surface area contributed by atoms with Crippen LogP contribution in [0.3, 0.4) is 0 Å². The summed E-state index contributed by atoms with van der Waals surface area (Å²) in [4.78, 5) is 33.2. The Bertz CT molecular complexity index is 567. The van der Waals surface area contributed by atoms with Crippen molar-refractivity contribution in [2.45, 2.75) is 24.8 Å². The third kappa shape index (κ3) is 7.17. The van der Waals surface area contributed by atoms with E-state index in [0.717, 1.165) is 11.8 Å². The van der Waals surface area contributed by atoms with Crippen molar-refractivity contribution in [1.82, 2.24) is 5.32 Å². The van der Waals surface area contributed by atoms with E-state index in [1.54, 1.807) is 0 Å². The van der Waals surface area contributed by atoms with E-state index in [0.29, 0.717) is 10.6 Å². The number of rotatable bonds is 6. The molecule has 0 aromatic heterocycles. The number of phenolic OH excluding ortho intramolecular Hbond substituents is 1. The third-order valence-corrected chi connectivity index (χ3v) is 3.49. The monoisotopic (exact) mass is 334 g/mol. The summed E-state index contributed by atoms with van der Waals surface area (Å²) in [5, 5.41) is 25.4. The summed E-state index contributed by atoms with van der Waals surface area (Å²) >= 11 is 1.03. The van der Waals surface area contributed by atoms with Gasteiger partial charge in [-0.2, -0.15) is 0 Å². The molecule has 0 saturated heterocycles. The van der Waals surface area contributed by atoms with Crippen LogP contribution >= 0.6 is 11.8 Å². The third-order valence-electron chi connectivity index (χ3n) is 2.35. The number of thioether (sulfide) groups is 1. The van der Waals surface area contributed by atoms with Crippen molar-refractivity contribution < 1.29 is 54.2 Å². The van der Waals surface area contributed by atoms with Crippen molar-refractivity contribution in [3.8, 4) is 5.75 Å². The molecule has 1 aromatic carbocycles. The molecule has 0 spiro atoms. The topological polar surface area (TPSA) is 119 Å². The molecule has 0 unspecified atom stereocenters. The molecule has 3 N–H and O–H groups in total. The van der Waals surface area contributed by atoms with E-state index in [2.05, 4.69) is 10.6 Å². The molecule has 7 nitrogen and oxygen atoms in total. The molecule has 22 heavy (non-hydrogen) atoms. The van der Waals surface area contributed by atoms with Gasteiger partial charge in [0.05, 0.1) is 16.9 Å². The zero-order valence-corrected chi connectivity index (χ0v) is 15.3. The molecule has 1 atom stereocenters. The summed E-state index contributed by atoms with van der Waals surface area (Å²) in [6.07, 6.45) is 0. The van der Waals surface area contributed by atoms with Gasteiger partial charge in [0, 0.05) is 25.3 Å². The maximum Gasteiger partial charge on any atom is 1.00 e. The number of carboxylic acid groups (broad SMARTS) is 1. The molecule has 0 aliphatic carbocycles. The van der Waals surface area contributed by atoms with E-state index in [9.17, 15) is 24.6 Å². The second-order valence-electron chi connectivity index (χ2n) is 4.25. The number of nitrogens with one attached hydrogen (secondary N) is 2. The SMILES string of the molecule is CC(=O)Nc1ccc(O)c(SC[C@@H](NC(C)=O)C(=O)[O-])c1.[Na+]. The number of carboxylic acids is 1. The number of hydrogen-bond donors (Lipinski definition) is 3. The minimum Gasteiger partial charge on any atom is -0.548 e. The minimum atomic E-state index is -1.41. The predicted octanol–water partition coefficient (Wildman–Crippen LogP) is -3.30. The van der Waals surface area contributed by atoms with Crippen molar-refractivity contribution in [1.29, 1.82) is 0 Å². The molecule has 0 heterocycles. The van der Waals surface area contributed by atoms with Crippen molar-refractivity contribution in [3.63, 3.8) is 0 Å². The first-order valence-corrected chi connectivity index (χ1v) is 6.99. The van der Waals surface area contributed by atoms with Crippen LogP contribution in [0, 0.1) is 0 Å². The number of carbonyl (C=O) groups excluding carboxylic acids is 3. The van der Waals surface area contributed by atoms with E-state index < -0.39 is 17.9 Å². The van der Waals surface area contributed by atoms with E-state index in [-0.39, 0.29) is 47.0 Å². The van der Waals surface area contributed by atoms with E-state index >= 15 is 0 Å². The zero-order valence-electron chi connectivity index (χ0n) is 12.5. The molecule has 0 bridgehead atoms. The number of phenols is 1. The second-order valence-corrected chi connectivity index (χ2v) is 5.31. The number of hydrogen-bond acceptors (Lipinski definition) is 6. The van der Waals surface area contributed by atoms with Gasteiger partial charge in [0.2, 0.25) is 11.8 Å². The van der Waals surface area contributed by atoms with Crippen LogP contribution in [-0.4, -0.2) is 34.7 Å². The fourth-order valence-corrected chi connectivity index (χ4v) is 2.49. The number of aliphatic carboxylic acids is 1. The molecule has 0 aliphatic rings. The van der Waals surface area contributed by atoms with Gasteiger partial charge >= 0.3 is 29.6 Å². The largest absolute Gasteiger partial charge is 1.00 e. The van der Waals surface area contributed by atoms with Crippen LogP contribution in [-0.2, 0) is 14.4 Å². The van der Waals surface area contributed by atoms with E-state index in [4.69, 9.17) is 0 Å². The maximum absolute atomic E-state index is 11.0. The number of benzene rings is 1. The van der Waals surface area contributed by atoms with E-state index in [1.165, 1.54) is 32.0 Å². The quantitative estimate of drug-likeness (QED) is 0.285. The average molecular weight is 334 g/mol. The number of amides is 2. The van der Waals surface area contributed by atoms with Crippen LogP contribution in [0.4, 0.5) is 5.69 Å². The summed E-state index contributed by atoms with van der Waals surface area (Å²) in [6.45, 7) is 2.55. The molecule has 9 heteroatoms. The molecular weight excluding hydrogens is 319 g/mol. The van der Waals surface area contributed by atoms with Gasteiger partial charge in [0.15, 0.2) is 0 Å². The van der Waals surface area contributed by atoms with Crippen LogP contribution < -0.4 is 45.3 Å². The molecule has 1 aromatic rings. The van der Waals surface area contributed by atoms with Crippen molar-refractivity contribution in [3.05, 3.63) is 18.2 Å². The molecule has 0 fully saturated rings. The Morgan fingerprint density at radius 3 is 2.41 bits per heavy atom. The number of aromatic hydroxyl groups is 1. The van der Waals surface area contributed by atoms with Gasteiger partial charge in [-0.05, 0) is 18.2 Å². The Morgan fingerprint density at radius 1 is 1.27 bits per heavy atom. The van der Waals surface area contributed by atoms with Crippen molar-refractivity contribution in [2.75, 3.05) is 11.1 Å². The summed E-state index contributed by atoms with van der Waals surface area (Å²) in [5.74, 6) is -2.22. The van der Waals surface area contributed by atoms with E-state index in [1.807, 2.05) is 0 Å². The van der Waals surface area contributed by atoms with Crippen molar-refractivity contribution >= 4 is 35.2 Å². The standard InChI is InChI=1S/C13H16N2O5S.Na/c1-7(16)14-9-3-4-11(18)12(5-9)21-6-10(13(19)20)15-8(2)17;/h3-5,10,18H,6H2,1-2H3,(H,14,16)(H,15,17)(H,19,20);/q;+1/p-1/t10-;/m1./s1. The first-order chi connectivity index (χ1) is 9.79. The maximum atomic E-state index is 11.0. The van der Waals surface area contributed by atoms with Gasteiger partial charge < -0.3 is 25.6 Å². The molecule has 0 radical (unpaired) electrons.